The van der Waals surface area contributed by atoms with Gasteiger partial charge in [0.2, 0.25) is 0 Å². The Hall–Kier alpha value is -1.37. The van der Waals surface area contributed by atoms with Crippen LogP contribution in [0.15, 0.2) is 30.5 Å². The summed E-state index contributed by atoms with van der Waals surface area (Å²) in [6, 6.07) is 7.53. The van der Waals surface area contributed by atoms with Gasteiger partial charge in [-0.2, -0.15) is 11.7 Å². The van der Waals surface area contributed by atoms with Crippen molar-refractivity contribution in [2.75, 3.05) is 24.5 Å². The first-order valence-corrected chi connectivity index (χ1v) is 11.9. The third kappa shape index (κ3) is 9.35. The fourth-order valence-electron chi connectivity index (χ4n) is 4.52. The van der Waals surface area contributed by atoms with E-state index in [-0.39, 0.29) is 55.4 Å². The third-order valence-corrected chi connectivity index (χ3v) is 6.18. The number of hydrogen-bond acceptors (Lipinski definition) is 3. The largest absolute Gasteiger partial charge is 0.520 e. The molecule has 0 unspecified atom stereocenters. The first kappa shape index (κ1) is 30.7. The minimum atomic E-state index is -2.77. The Morgan fingerprint density at radius 1 is 1.29 bits per heavy atom. The van der Waals surface area contributed by atoms with E-state index in [4.69, 9.17) is 0 Å². The van der Waals surface area contributed by atoms with Gasteiger partial charge in [-0.3, -0.25) is 0 Å². The first-order valence-electron chi connectivity index (χ1n) is 11.9. The van der Waals surface area contributed by atoms with Crippen molar-refractivity contribution in [1.29, 1.82) is 5.26 Å². The van der Waals surface area contributed by atoms with Crippen molar-refractivity contribution < 1.29 is 44.7 Å². The minimum absolute atomic E-state index is 0. The van der Waals surface area contributed by atoms with E-state index in [0.29, 0.717) is 31.5 Å². The topological polar surface area (TPSA) is 47.3 Å². The van der Waals surface area contributed by atoms with E-state index in [2.05, 4.69) is 13.0 Å². The molecule has 0 aliphatic heterocycles. The minimum Gasteiger partial charge on any atom is -0.520 e. The fourth-order valence-corrected chi connectivity index (χ4v) is 4.52. The average Bonchev–Trinajstić information content (AvgIpc) is 2.74. The Kier molecular flexibility index (Phi) is 12.3. The molecule has 1 aliphatic carbocycles. The third-order valence-electron chi connectivity index (χ3n) is 6.18. The van der Waals surface area contributed by atoms with Gasteiger partial charge in [-0.05, 0) is 68.3 Å². The van der Waals surface area contributed by atoms with Crippen molar-refractivity contribution in [1.82, 2.24) is 4.90 Å². The normalized spacial score (nSPS) is 19.8. The molecule has 1 amide bonds. The zero-order chi connectivity index (χ0) is 24.6. The standard InChI is InChI=1S/C27H38F2N3O.U/c1-6-7-8-13-32(25-15-22(16-30)10-9-21(25)2)18-24-14-23(11-12-27(24,28)29)17-31(20-33)19-26(3,4)5;/h8-10,13,15,23-24H,6-7,11-12,14,17-19H2,1-5H3;/q-1;/b13-8+;/t23-,24+;/m1./s1. The molecule has 7 heteroatoms. The summed E-state index contributed by atoms with van der Waals surface area (Å²) in [4.78, 5) is 15.0. The molecule has 1 aliphatic rings. The number of anilines is 1. The van der Waals surface area contributed by atoms with Crippen LogP contribution >= 0.6 is 0 Å². The molecule has 2 atom stereocenters. The molecule has 0 aromatic heterocycles. The van der Waals surface area contributed by atoms with Gasteiger partial charge < -0.3 is 14.6 Å². The maximum Gasteiger partial charge on any atom is 0.252 e. The Bertz CT molecular complexity index is 860. The van der Waals surface area contributed by atoms with Crippen molar-refractivity contribution in [2.45, 2.75) is 72.6 Å². The zero-order valence-electron chi connectivity index (χ0n) is 21.2. The summed E-state index contributed by atoms with van der Waals surface area (Å²) < 4.78 is 30.1. The van der Waals surface area contributed by atoms with Crippen molar-refractivity contribution in [3.05, 3.63) is 41.6 Å². The molecule has 0 N–H and O–H groups in total. The molecule has 0 bridgehead atoms. The number of carbonyl (C=O) groups excluding carboxylic acids is 1. The Morgan fingerprint density at radius 3 is 2.59 bits per heavy atom. The molecule has 1 saturated carbocycles. The van der Waals surface area contributed by atoms with Crippen LogP contribution in [-0.2, 0) is 4.79 Å². The maximum atomic E-state index is 15.0. The molecule has 2 rings (SSSR count). The molecule has 4 nitrogen and oxygen atoms in total. The van der Waals surface area contributed by atoms with E-state index in [1.165, 1.54) is 0 Å². The van der Waals surface area contributed by atoms with Crippen LogP contribution in [0.25, 0.3) is 0 Å². The van der Waals surface area contributed by atoms with E-state index < -0.39 is 11.8 Å². The van der Waals surface area contributed by atoms with Gasteiger partial charge in [-0.25, -0.2) is 8.78 Å². The van der Waals surface area contributed by atoms with Gasteiger partial charge in [-0.1, -0.05) is 46.3 Å². The molecule has 0 spiro atoms. The fraction of sp³-hybridized carbons (Fsp3) is 0.630. The van der Waals surface area contributed by atoms with Crippen LogP contribution in [0.1, 0.15) is 70.9 Å². The second-order valence-corrected chi connectivity index (χ2v) is 10.6. The van der Waals surface area contributed by atoms with Crippen LogP contribution in [-0.4, -0.2) is 36.9 Å². The summed E-state index contributed by atoms with van der Waals surface area (Å²) in [6.07, 6.45) is 8.30. The van der Waals surface area contributed by atoms with Gasteiger partial charge >= 0.3 is 0 Å². The number of nitriles is 1. The van der Waals surface area contributed by atoms with Gasteiger partial charge in [0, 0.05) is 61.9 Å². The van der Waals surface area contributed by atoms with Gasteiger partial charge in [0.15, 0.2) is 0 Å². The average molecular weight is 697 g/mol. The van der Waals surface area contributed by atoms with Gasteiger partial charge in [0.25, 0.3) is 5.92 Å². The van der Waals surface area contributed by atoms with Crippen molar-refractivity contribution in [2.24, 2.45) is 17.3 Å². The van der Waals surface area contributed by atoms with E-state index >= 15 is 8.78 Å². The number of allylic oxidation sites excluding steroid dienone is 1. The maximum absolute atomic E-state index is 15.0. The van der Waals surface area contributed by atoms with Crippen molar-refractivity contribution in [3.63, 3.8) is 0 Å². The second-order valence-electron chi connectivity index (χ2n) is 10.6. The van der Waals surface area contributed by atoms with Gasteiger partial charge in [-0.15, -0.1) is 0 Å². The van der Waals surface area contributed by atoms with Crippen molar-refractivity contribution in [3.8, 4) is 6.07 Å². The van der Waals surface area contributed by atoms with Gasteiger partial charge in [0.05, 0.1) is 11.6 Å². The molecular weight excluding hydrogens is 658 g/mol. The Balaban J connectivity index is 0.00000578. The van der Waals surface area contributed by atoms with Crippen LogP contribution in [0.2, 0.25) is 0 Å². The van der Waals surface area contributed by atoms with Crippen LogP contribution in [0.3, 0.4) is 0 Å². The molecule has 1 fully saturated rings. The zero-order valence-corrected chi connectivity index (χ0v) is 25.4. The number of alkyl halides is 2. The number of unbranched alkanes of at least 4 members (excludes halogenated alkanes) is 1. The summed E-state index contributed by atoms with van der Waals surface area (Å²) in [6.45, 7) is 11.3. The Morgan fingerprint density at radius 2 is 2.00 bits per heavy atom. The number of halogens is 2. The monoisotopic (exact) mass is 696 g/mol. The van der Waals surface area contributed by atoms with Crippen LogP contribution < -0.4 is 4.90 Å². The number of amides is 1. The molecule has 186 valence electrons. The quantitative estimate of drug-likeness (QED) is 0.209. The SMILES string of the molecule is CCC/C=C/N(C[C@@H]1C[C@H](CN([C-]=O)CC(C)(C)C)CCC1(F)F)c1cc(C#N)ccc1C.[U]. The molecular formula is C27H38F2N3OU-. The predicted octanol–water partition coefficient (Wildman–Crippen LogP) is 6.45. The summed E-state index contributed by atoms with van der Waals surface area (Å²) >= 11 is 0. The molecule has 34 heavy (non-hydrogen) atoms. The smallest absolute Gasteiger partial charge is 0.252 e. The van der Waals surface area contributed by atoms with E-state index in [0.717, 1.165) is 24.1 Å². The molecule has 1 aromatic carbocycles. The van der Waals surface area contributed by atoms with E-state index in [9.17, 15) is 10.1 Å². The number of aryl methyl sites for hydroxylation is 1. The summed E-state index contributed by atoms with van der Waals surface area (Å²) in [5.41, 5.74) is 2.17. The molecule has 0 radical (unpaired) electrons. The summed E-state index contributed by atoms with van der Waals surface area (Å²) in [5, 5.41) is 9.33. The summed E-state index contributed by atoms with van der Waals surface area (Å²) in [5.74, 6) is -3.59. The number of hydrogen-bond donors (Lipinski definition) is 0. The summed E-state index contributed by atoms with van der Waals surface area (Å²) in [7, 11) is 0. The molecule has 0 saturated heterocycles. The second kappa shape index (κ2) is 13.6. The van der Waals surface area contributed by atoms with E-state index in [1.807, 2.05) is 57.3 Å². The Labute approximate surface area is 228 Å². The van der Waals surface area contributed by atoms with Crippen molar-refractivity contribution >= 4 is 12.1 Å². The van der Waals surface area contributed by atoms with E-state index in [1.54, 1.807) is 17.0 Å². The number of rotatable bonds is 10. The predicted molar refractivity (Wildman–Crippen MR) is 130 cm³/mol. The number of nitrogens with zero attached hydrogens (tertiary/aromatic N) is 3. The molecule has 0 heterocycles. The van der Waals surface area contributed by atoms with Crippen LogP contribution in [0.5, 0.6) is 0 Å². The van der Waals surface area contributed by atoms with Crippen LogP contribution in [0, 0.1) is 66.6 Å². The van der Waals surface area contributed by atoms with Gasteiger partial charge in [0.1, 0.15) is 0 Å². The van der Waals surface area contributed by atoms with Crippen LogP contribution in [0.4, 0.5) is 14.5 Å². The number of benzene rings is 1. The molecule has 1 aromatic rings. The first-order chi connectivity index (χ1) is 15.5.